The van der Waals surface area contributed by atoms with Crippen LogP contribution in [0.15, 0.2) is 30.3 Å². The molecule has 0 aliphatic heterocycles. The van der Waals surface area contributed by atoms with Crippen LogP contribution in [0, 0.1) is 0 Å². The van der Waals surface area contributed by atoms with Gasteiger partial charge in [0.15, 0.2) is 0 Å². The van der Waals surface area contributed by atoms with Gasteiger partial charge in [0.1, 0.15) is 0 Å². The summed E-state index contributed by atoms with van der Waals surface area (Å²) < 4.78 is 1.53. The van der Waals surface area contributed by atoms with Crippen LogP contribution in [-0.4, -0.2) is 4.32 Å². The number of rotatable bonds is 0. The van der Waals surface area contributed by atoms with E-state index in [0.717, 1.165) is 0 Å². The zero-order valence-corrected chi connectivity index (χ0v) is 10.6. The summed E-state index contributed by atoms with van der Waals surface area (Å²) in [7, 11) is 0. The summed E-state index contributed by atoms with van der Waals surface area (Å²) in [5, 5.41) is 0. The van der Waals surface area contributed by atoms with Crippen molar-refractivity contribution in [3.05, 3.63) is 30.3 Å². The minimum atomic E-state index is 0.0833. The van der Waals surface area contributed by atoms with Crippen LogP contribution in [0.2, 0.25) is 0 Å². The van der Waals surface area contributed by atoms with Crippen LogP contribution in [0.25, 0.3) is 0 Å². The summed E-state index contributed by atoms with van der Waals surface area (Å²) >= 11 is 9.52. The van der Waals surface area contributed by atoms with Crippen molar-refractivity contribution >= 4 is 33.3 Å². The molecule has 2 N–H and O–H groups in total. The fourth-order valence-corrected chi connectivity index (χ4v) is 1.05. The molecule has 0 saturated heterocycles. The Kier molecular flexibility index (Phi) is 6.62. The fraction of sp³-hybridized carbons (Fsp3) is 0. The van der Waals surface area contributed by atoms with Crippen molar-refractivity contribution in [2.75, 3.05) is 0 Å². The third-order valence-corrected chi connectivity index (χ3v) is 1.83. The first-order valence-corrected chi connectivity index (χ1v) is 5.26. The number of hydrogen-bond acceptors (Lipinski definition) is 2. The van der Waals surface area contributed by atoms with E-state index in [1.807, 2.05) is 6.07 Å². The van der Waals surface area contributed by atoms with Crippen molar-refractivity contribution in [1.82, 2.24) is 0 Å². The van der Waals surface area contributed by atoms with Crippen LogP contribution in [0.1, 0.15) is 0 Å². The van der Waals surface area contributed by atoms with Gasteiger partial charge in [-0.1, -0.05) is 4.32 Å². The van der Waals surface area contributed by atoms with Crippen LogP contribution in [0.3, 0.4) is 0 Å². The molecular formula is C7H7NS2Zn. The summed E-state index contributed by atoms with van der Waals surface area (Å²) in [6.45, 7) is 0. The molecule has 0 spiro atoms. The van der Waals surface area contributed by atoms with Crippen molar-refractivity contribution in [2.45, 2.75) is 0 Å². The molecule has 1 aromatic rings. The molecule has 0 radical (unpaired) electrons. The summed E-state index contributed by atoms with van der Waals surface area (Å²) in [5.74, 6) is 0. The van der Waals surface area contributed by atoms with E-state index in [4.69, 9.17) is 0 Å². The van der Waals surface area contributed by atoms with Crippen LogP contribution in [0.5, 0.6) is 0 Å². The predicted molar refractivity (Wildman–Crippen MR) is 50.2 cm³/mol. The molecule has 11 heavy (non-hydrogen) atoms. The summed E-state index contributed by atoms with van der Waals surface area (Å²) in [5.41, 5.74) is 4.66. The Morgan fingerprint density at radius 1 is 1.36 bits per heavy atom. The topological polar surface area (TPSA) is 26.0 Å². The quantitative estimate of drug-likeness (QED) is 0.405. The van der Waals surface area contributed by atoms with Crippen LogP contribution < -0.4 is 9.89 Å². The SMILES string of the molecule is NC(=S)[S-].[Zn+][c]1ccccc1. The number of nitrogens with two attached hydrogens (primary N) is 1. The second kappa shape index (κ2) is 6.65. The van der Waals surface area contributed by atoms with Crippen molar-refractivity contribution in [1.29, 1.82) is 0 Å². The zero-order valence-electron chi connectivity index (χ0n) is 5.99. The summed E-state index contributed by atoms with van der Waals surface area (Å²) in [6, 6.07) is 10.5. The van der Waals surface area contributed by atoms with Gasteiger partial charge in [-0.3, -0.25) is 0 Å². The predicted octanol–water partition coefficient (Wildman–Crippen LogP) is 0.636. The monoisotopic (exact) mass is 233 g/mol. The van der Waals surface area contributed by atoms with Gasteiger partial charge in [-0.25, -0.2) is 0 Å². The average Bonchev–Trinajstić information content (AvgIpc) is 1.87. The second-order valence-electron chi connectivity index (χ2n) is 1.80. The average molecular weight is 235 g/mol. The zero-order chi connectivity index (χ0) is 8.69. The molecule has 0 amide bonds. The Labute approximate surface area is 87.5 Å². The van der Waals surface area contributed by atoms with Crippen LogP contribution >= 0.6 is 12.2 Å². The van der Waals surface area contributed by atoms with Crippen LogP contribution in [0.4, 0.5) is 0 Å². The Balaban J connectivity index is 0.000000218. The van der Waals surface area contributed by atoms with E-state index in [0.29, 0.717) is 0 Å². The van der Waals surface area contributed by atoms with Crippen molar-refractivity contribution in [3.8, 4) is 0 Å². The Morgan fingerprint density at radius 2 is 1.73 bits per heavy atom. The molecule has 54 valence electrons. The molecule has 1 aromatic carbocycles. The van der Waals surface area contributed by atoms with Gasteiger partial charge in [0, 0.05) is 0 Å². The normalized spacial score (nSPS) is 7.82. The molecule has 0 heterocycles. The molecule has 0 aliphatic carbocycles. The van der Waals surface area contributed by atoms with E-state index >= 15 is 0 Å². The molecule has 0 aromatic heterocycles. The molecule has 1 nitrogen and oxygen atoms in total. The van der Waals surface area contributed by atoms with Gasteiger partial charge >= 0.3 is 52.8 Å². The molecule has 1 rings (SSSR count). The standard InChI is InChI=1S/C6H5.CH3NS2.Zn/c1-2-4-6-5-3-1;2-1(3)4;/h1-5H;(H3,2,3,4);/q;;+1/p-1. The van der Waals surface area contributed by atoms with E-state index in [2.05, 4.69) is 54.8 Å². The van der Waals surface area contributed by atoms with E-state index in [1.165, 1.54) is 22.5 Å². The maximum atomic E-state index is 4.66. The molecule has 0 unspecified atom stereocenters. The molecule has 0 saturated carbocycles. The number of hydrogen-bond donors (Lipinski definition) is 1. The Bertz CT molecular complexity index is 209. The van der Waals surface area contributed by atoms with Gasteiger partial charge in [0.25, 0.3) is 0 Å². The number of benzene rings is 1. The molecule has 0 fully saturated rings. The van der Waals surface area contributed by atoms with Crippen molar-refractivity contribution in [3.63, 3.8) is 0 Å². The van der Waals surface area contributed by atoms with Crippen molar-refractivity contribution in [2.24, 2.45) is 5.73 Å². The summed E-state index contributed by atoms with van der Waals surface area (Å²) in [4.78, 5) is 0. The van der Waals surface area contributed by atoms with Gasteiger partial charge in [0.2, 0.25) is 0 Å². The van der Waals surface area contributed by atoms with Crippen LogP contribution in [-0.2, 0) is 30.9 Å². The first-order valence-electron chi connectivity index (χ1n) is 2.96. The van der Waals surface area contributed by atoms with E-state index in [1.54, 1.807) is 0 Å². The molecule has 4 heteroatoms. The van der Waals surface area contributed by atoms with Gasteiger partial charge in [-0.15, -0.1) is 0 Å². The molecule has 0 aliphatic rings. The summed E-state index contributed by atoms with van der Waals surface area (Å²) in [6.07, 6.45) is 0. The molecule has 0 atom stereocenters. The maximum absolute atomic E-state index is 4.66. The van der Waals surface area contributed by atoms with Gasteiger partial charge in [0.05, 0.1) is 0 Å². The Hall–Kier alpha value is -0.0466. The second-order valence-corrected chi connectivity index (χ2v) is 4.66. The third kappa shape index (κ3) is 9.95. The third-order valence-electron chi connectivity index (χ3n) is 0.843. The van der Waals surface area contributed by atoms with Crippen molar-refractivity contribution < 1.29 is 18.3 Å². The first-order chi connectivity index (χ1) is 5.13. The molecule has 0 bridgehead atoms. The number of thiocarbonyl (C=S) groups is 1. The minimum absolute atomic E-state index is 0.0833. The van der Waals surface area contributed by atoms with Gasteiger partial charge in [-0.05, 0) is 0 Å². The van der Waals surface area contributed by atoms with Gasteiger partial charge < -0.3 is 30.6 Å². The fourth-order valence-electron chi connectivity index (χ4n) is 0.478. The van der Waals surface area contributed by atoms with E-state index in [9.17, 15) is 0 Å². The van der Waals surface area contributed by atoms with E-state index < -0.39 is 0 Å². The first kappa shape index (κ1) is 11.0. The molecular weight excluding hydrogens is 228 g/mol. The van der Waals surface area contributed by atoms with Gasteiger partial charge in [-0.2, -0.15) is 0 Å². The van der Waals surface area contributed by atoms with E-state index in [-0.39, 0.29) is 4.32 Å². The Morgan fingerprint density at radius 3 is 1.91 bits per heavy atom.